The SMILES string of the molecule is CCNC(=NCC(C)(C)SC)NCC1(SC)CCOCC1. The number of hydrogen-bond donors (Lipinski definition) is 2. The van der Waals surface area contributed by atoms with Crippen molar-refractivity contribution in [1.29, 1.82) is 0 Å². The second kappa shape index (κ2) is 9.16. The number of rotatable bonds is 7. The molecule has 6 heteroatoms. The molecule has 1 fully saturated rings. The van der Waals surface area contributed by atoms with Gasteiger partial charge < -0.3 is 15.4 Å². The molecule has 1 saturated heterocycles. The summed E-state index contributed by atoms with van der Waals surface area (Å²) in [6, 6.07) is 0. The number of thioether (sulfide) groups is 2. The molecule has 0 amide bonds. The molecule has 0 saturated carbocycles. The largest absolute Gasteiger partial charge is 0.381 e. The van der Waals surface area contributed by atoms with Crippen molar-refractivity contribution in [3.8, 4) is 0 Å². The highest BCUT2D eigenvalue weighted by Gasteiger charge is 2.31. The molecule has 0 bridgehead atoms. The van der Waals surface area contributed by atoms with Gasteiger partial charge in [-0.2, -0.15) is 23.5 Å². The molecule has 1 heterocycles. The van der Waals surface area contributed by atoms with Gasteiger partial charge in [0.05, 0.1) is 6.54 Å². The number of aliphatic imine (C=N–C) groups is 1. The molecule has 0 radical (unpaired) electrons. The molecule has 0 spiro atoms. The highest BCUT2D eigenvalue weighted by atomic mass is 32.2. The molecule has 0 aromatic carbocycles. The minimum Gasteiger partial charge on any atom is -0.381 e. The molecule has 1 aliphatic heterocycles. The highest BCUT2D eigenvalue weighted by Crippen LogP contribution is 2.32. The van der Waals surface area contributed by atoms with Crippen LogP contribution in [0.5, 0.6) is 0 Å². The third kappa shape index (κ3) is 6.70. The summed E-state index contributed by atoms with van der Waals surface area (Å²) < 4.78 is 5.96. The lowest BCUT2D eigenvalue weighted by Crippen LogP contribution is -2.48. The van der Waals surface area contributed by atoms with Gasteiger partial charge >= 0.3 is 0 Å². The van der Waals surface area contributed by atoms with Gasteiger partial charge in [-0.15, -0.1) is 0 Å². The van der Waals surface area contributed by atoms with Gasteiger partial charge in [-0.3, -0.25) is 4.99 Å². The molecule has 4 nitrogen and oxygen atoms in total. The smallest absolute Gasteiger partial charge is 0.191 e. The van der Waals surface area contributed by atoms with Crippen LogP contribution in [-0.2, 0) is 4.74 Å². The van der Waals surface area contributed by atoms with Gasteiger partial charge in [0.25, 0.3) is 0 Å². The fraction of sp³-hybridized carbons (Fsp3) is 0.933. The van der Waals surface area contributed by atoms with E-state index in [2.05, 4.69) is 43.9 Å². The Morgan fingerprint density at radius 2 is 1.90 bits per heavy atom. The van der Waals surface area contributed by atoms with Crippen molar-refractivity contribution in [1.82, 2.24) is 10.6 Å². The van der Waals surface area contributed by atoms with Crippen LogP contribution in [0.15, 0.2) is 4.99 Å². The van der Waals surface area contributed by atoms with E-state index in [4.69, 9.17) is 9.73 Å². The fourth-order valence-electron chi connectivity index (χ4n) is 2.12. The van der Waals surface area contributed by atoms with Crippen molar-refractivity contribution in [2.45, 2.75) is 43.1 Å². The third-order valence-electron chi connectivity index (χ3n) is 3.93. The van der Waals surface area contributed by atoms with Gasteiger partial charge in [0.1, 0.15) is 0 Å². The summed E-state index contributed by atoms with van der Waals surface area (Å²) in [5.74, 6) is 0.930. The van der Waals surface area contributed by atoms with Gasteiger partial charge in [0.2, 0.25) is 0 Å². The van der Waals surface area contributed by atoms with Crippen LogP contribution < -0.4 is 10.6 Å². The van der Waals surface area contributed by atoms with E-state index in [0.717, 1.165) is 51.6 Å². The van der Waals surface area contributed by atoms with E-state index in [1.807, 2.05) is 23.5 Å². The lowest BCUT2D eigenvalue weighted by Gasteiger charge is -2.36. The van der Waals surface area contributed by atoms with Crippen LogP contribution in [0.1, 0.15) is 33.6 Å². The van der Waals surface area contributed by atoms with Gasteiger partial charge in [-0.05, 0) is 46.1 Å². The minimum absolute atomic E-state index is 0.179. The third-order valence-corrected chi connectivity index (χ3v) is 6.58. The number of hydrogen-bond acceptors (Lipinski definition) is 4. The summed E-state index contributed by atoms with van der Waals surface area (Å²) in [5, 5.41) is 6.88. The molecule has 1 rings (SSSR count). The molecule has 2 N–H and O–H groups in total. The molecule has 0 aliphatic carbocycles. The topological polar surface area (TPSA) is 45.7 Å². The maximum absolute atomic E-state index is 5.50. The zero-order valence-corrected chi connectivity index (χ0v) is 15.8. The first-order chi connectivity index (χ1) is 9.97. The van der Waals surface area contributed by atoms with E-state index in [9.17, 15) is 0 Å². The van der Waals surface area contributed by atoms with E-state index in [1.165, 1.54) is 0 Å². The van der Waals surface area contributed by atoms with E-state index in [0.29, 0.717) is 0 Å². The fourth-order valence-corrected chi connectivity index (χ4v) is 3.10. The van der Waals surface area contributed by atoms with Crippen molar-refractivity contribution < 1.29 is 4.74 Å². The summed E-state index contributed by atoms with van der Waals surface area (Å²) in [6.07, 6.45) is 6.56. The van der Waals surface area contributed by atoms with Crippen LogP contribution in [0.3, 0.4) is 0 Å². The Morgan fingerprint density at radius 1 is 1.24 bits per heavy atom. The molecule has 0 aromatic rings. The molecular weight excluding hydrogens is 302 g/mol. The van der Waals surface area contributed by atoms with E-state index >= 15 is 0 Å². The Labute approximate surface area is 138 Å². The minimum atomic E-state index is 0.179. The van der Waals surface area contributed by atoms with Crippen LogP contribution in [0, 0.1) is 0 Å². The standard InChI is InChI=1S/C15H31N3OS2/c1-6-16-13(17-11-14(2,3)20-4)18-12-15(21-5)7-9-19-10-8-15/h6-12H2,1-5H3,(H2,16,17,18). The van der Waals surface area contributed by atoms with Crippen LogP contribution >= 0.6 is 23.5 Å². The summed E-state index contributed by atoms with van der Waals surface area (Å²) >= 11 is 3.81. The van der Waals surface area contributed by atoms with Crippen molar-refractivity contribution >= 4 is 29.5 Å². The van der Waals surface area contributed by atoms with Crippen molar-refractivity contribution in [2.24, 2.45) is 4.99 Å². The number of guanidine groups is 1. The first-order valence-corrected chi connectivity index (χ1v) is 10.1. The van der Waals surface area contributed by atoms with Crippen molar-refractivity contribution in [3.05, 3.63) is 0 Å². The maximum Gasteiger partial charge on any atom is 0.191 e. The van der Waals surface area contributed by atoms with Crippen LogP contribution in [0.4, 0.5) is 0 Å². The van der Waals surface area contributed by atoms with E-state index in [-0.39, 0.29) is 9.49 Å². The molecule has 0 atom stereocenters. The predicted molar refractivity (Wildman–Crippen MR) is 97.9 cm³/mol. The number of nitrogens with one attached hydrogen (secondary N) is 2. The van der Waals surface area contributed by atoms with E-state index in [1.54, 1.807) is 0 Å². The number of ether oxygens (including phenoxy) is 1. The summed E-state index contributed by atoms with van der Waals surface area (Å²) in [7, 11) is 0. The molecule has 0 aromatic heterocycles. The van der Waals surface area contributed by atoms with Gasteiger partial charge in [0.15, 0.2) is 5.96 Å². The quantitative estimate of drug-likeness (QED) is 0.554. The predicted octanol–water partition coefficient (Wildman–Crippen LogP) is 2.60. The molecule has 0 unspecified atom stereocenters. The monoisotopic (exact) mass is 333 g/mol. The Kier molecular flexibility index (Phi) is 8.27. The van der Waals surface area contributed by atoms with Gasteiger partial charge in [-0.25, -0.2) is 0 Å². The normalized spacial score (nSPS) is 19.4. The van der Waals surface area contributed by atoms with Crippen molar-refractivity contribution in [2.75, 3.05) is 45.4 Å². The lowest BCUT2D eigenvalue weighted by atomic mass is 9.99. The van der Waals surface area contributed by atoms with Crippen LogP contribution in [0.25, 0.3) is 0 Å². The summed E-state index contributed by atoms with van der Waals surface area (Å²) in [6.45, 7) is 11.0. The Morgan fingerprint density at radius 3 is 2.43 bits per heavy atom. The van der Waals surface area contributed by atoms with Crippen LogP contribution in [-0.4, -0.2) is 60.8 Å². The zero-order chi connectivity index (χ0) is 15.8. The Hall–Kier alpha value is -0.0700. The Bertz CT molecular complexity index is 329. The zero-order valence-electron chi connectivity index (χ0n) is 14.1. The molecule has 124 valence electrons. The van der Waals surface area contributed by atoms with Gasteiger partial charge in [0, 0.05) is 35.8 Å². The first kappa shape index (κ1) is 19.0. The lowest BCUT2D eigenvalue weighted by molar-refractivity contribution is 0.0783. The average molecular weight is 334 g/mol. The maximum atomic E-state index is 5.50. The Balaban J connectivity index is 2.58. The van der Waals surface area contributed by atoms with Crippen LogP contribution in [0.2, 0.25) is 0 Å². The van der Waals surface area contributed by atoms with E-state index < -0.39 is 0 Å². The average Bonchev–Trinajstić information content (AvgIpc) is 2.51. The number of nitrogens with zero attached hydrogens (tertiary/aromatic N) is 1. The summed E-state index contributed by atoms with van der Waals surface area (Å²) in [4.78, 5) is 4.74. The summed E-state index contributed by atoms with van der Waals surface area (Å²) in [5.41, 5.74) is 0. The second-order valence-corrected chi connectivity index (χ2v) is 8.80. The van der Waals surface area contributed by atoms with Crippen molar-refractivity contribution in [3.63, 3.8) is 0 Å². The highest BCUT2D eigenvalue weighted by molar-refractivity contribution is 8.00. The molecule has 1 aliphatic rings. The second-order valence-electron chi connectivity index (χ2n) is 6.01. The van der Waals surface area contributed by atoms with Gasteiger partial charge in [-0.1, -0.05) is 0 Å². The molecule has 21 heavy (non-hydrogen) atoms. The molecular formula is C15H31N3OS2. The first-order valence-electron chi connectivity index (χ1n) is 7.67.